The van der Waals surface area contributed by atoms with Gasteiger partial charge in [-0.15, -0.1) is 0 Å². The molecular weight excluding hydrogens is 421 g/mol. The molecule has 31 heavy (non-hydrogen) atoms. The van der Waals surface area contributed by atoms with E-state index in [0.29, 0.717) is 44.6 Å². The molecule has 166 valence electrons. The fraction of sp³-hybridized carbons (Fsp3) is 0.364. The number of sulfonamides is 1. The number of anilines is 1. The average molecular weight is 448 g/mol. The molecular formula is C22H26FN3O4S. The third-order valence-corrected chi connectivity index (χ3v) is 7.18. The first-order valence-electron chi connectivity index (χ1n) is 10.1. The second kappa shape index (κ2) is 10.0. The van der Waals surface area contributed by atoms with E-state index in [4.69, 9.17) is 0 Å². The summed E-state index contributed by atoms with van der Waals surface area (Å²) in [7, 11) is -3.62. The van der Waals surface area contributed by atoms with Gasteiger partial charge in [-0.3, -0.25) is 9.59 Å². The van der Waals surface area contributed by atoms with Crippen molar-refractivity contribution in [2.45, 2.75) is 37.6 Å². The molecule has 2 N–H and O–H groups in total. The van der Waals surface area contributed by atoms with Crippen LogP contribution in [0.3, 0.4) is 0 Å². The predicted octanol–water partition coefficient (Wildman–Crippen LogP) is 2.89. The largest absolute Gasteiger partial charge is 0.352 e. The maximum atomic E-state index is 12.9. The van der Waals surface area contributed by atoms with Crippen LogP contribution < -0.4 is 10.6 Å². The number of benzene rings is 2. The number of rotatable bonds is 7. The summed E-state index contributed by atoms with van der Waals surface area (Å²) < 4.78 is 40.1. The zero-order valence-corrected chi connectivity index (χ0v) is 18.1. The van der Waals surface area contributed by atoms with Crippen molar-refractivity contribution in [2.75, 3.05) is 18.4 Å². The lowest BCUT2D eigenvalue weighted by Gasteiger charge is -2.31. The molecule has 0 saturated carbocycles. The highest BCUT2D eigenvalue weighted by atomic mass is 32.2. The standard InChI is InChI=1S/C22H26FN3O4S/c1-16(27)25-20-6-8-21(9-7-20)31(29,30)26-12-10-17(11-13-26)14-22(28)24-15-18-2-4-19(23)5-3-18/h2-9,17H,10-15H2,1H3,(H,24,28)(H,25,27). The minimum Gasteiger partial charge on any atom is -0.352 e. The van der Waals surface area contributed by atoms with Gasteiger partial charge in [0, 0.05) is 38.7 Å². The van der Waals surface area contributed by atoms with E-state index < -0.39 is 10.0 Å². The van der Waals surface area contributed by atoms with Crippen LogP contribution in [0.4, 0.5) is 10.1 Å². The van der Waals surface area contributed by atoms with Crippen LogP contribution in [0.1, 0.15) is 31.7 Å². The highest BCUT2D eigenvalue weighted by molar-refractivity contribution is 7.89. The molecule has 0 radical (unpaired) electrons. The summed E-state index contributed by atoms with van der Waals surface area (Å²) in [5.41, 5.74) is 1.36. The maximum Gasteiger partial charge on any atom is 0.243 e. The molecule has 2 aromatic rings. The number of piperidine rings is 1. The fourth-order valence-electron chi connectivity index (χ4n) is 3.55. The van der Waals surface area contributed by atoms with Gasteiger partial charge in [-0.2, -0.15) is 4.31 Å². The number of hydrogen-bond acceptors (Lipinski definition) is 4. The van der Waals surface area contributed by atoms with Gasteiger partial charge in [0.2, 0.25) is 21.8 Å². The quantitative estimate of drug-likeness (QED) is 0.682. The fourth-order valence-corrected chi connectivity index (χ4v) is 5.02. The van der Waals surface area contributed by atoms with Crippen LogP contribution in [0.25, 0.3) is 0 Å². The molecule has 7 nitrogen and oxygen atoms in total. The molecule has 1 saturated heterocycles. The van der Waals surface area contributed by atoms with E-state index in [1.54, 1.807) is 24.3 Å². The number of nitrogens with one attached hydrogen (secondary N) is 2. The van der Waals surface area contributed by atoms with Crippen molar-refractivity contribution in [3.8, 4) is 0 Å². The monoisotopic (exact) mass is 447 g/mol. The number of nitrogens with zero attached hydrogens (tertiary/aromatic N) is 1. The van der Waals surface area contributed by atoms with Gasteiger partial charge in [0.15, 0.2) is 0 Å². The average Bonchev–Trinajstić information content (AvgIpc) is 2.74. The first-order chi connectivity index (χ1) is 14.7. The zero-order valence-electron chi connectivity index (χ0n) is 17.3. The van der Waals surface area contributed by atoms with Crippen LogP contribution in [-0.4, -0.2) is 37.6 Å². The minimum atomic E-state index is -3.62. The van der Waals surface area contributed by atoms with Crippen LogP contribution in [-0.2, 0) is 26.2 Å². The van der Waals surface area contributed by atoms with Gasteiger partial charge in [0.25, 0.3) is 0 Å². The molecule has 1 aliphatic rings. The van der Waals surface area contributed by atoms with Crippen molar-refractivity contribution in [3.63, 3.8) is 0 Å². The van der Waals surface area contributed by atoms with Gasteiger partial charge in [-0.1, -0.05) is 12.1 Å². The summed E-state index contributed by atoms with van der Waals surface area (Å²) in [6.07, 6.45) is 1.54. The number of hydrogen-bond donors (Lipinski definition) is 2. The first-order valence-corrected chi connectivity index (χ1v) is 11.6. The van der Waals surface area contributed by atoms with Crippen molar-refractivity contribution >= 4 is 27.5 Å². The highest BCUT2D eigenvalue weighted by Crippen LogP contribution is 2.26. The van der Waals surface area contributed by atoms with Crippen molar-refractivity contribution in [3.05, 3.63) is 59.9 Å². The normalized spacial score (nSPS) is 15.4. The van der Waals surface area contributed by atoms with E-state index in [2.05, 4.69) is 10.6 Å². The second-order valence-electron chi connectivity index (χ2n) is 7.66. The summed E-state index contributed by atoms with van der Waals surface area (Å²) in [5.74, 6) is -0.527. The van der Waals surface area contributed by atoms with Gasteiger partial charge in [-0.25, -0.2) is 12.8 Å². The van der Waals surface area contributed by atoms with Gasteiger partial charge in [-0.05, 0) is 60.7 Å². The van der Waals surface area contributed by atoms with Crippen molar-refractivity contribution in [1.82, 2.24) is 9.62 Å². The zero-order chi connectivity index (χ0) is 22.4. The van der Waals surface area contributed by atoms with E-state index >= 15 is 0 Å². The Bertz CT molecular complexity index is 1020. The Morgan fingerprint density at radius 3 is 2.23 bits per heavy atom. The van der Waals surface area contributed by atoms with E-state index in [1.165, 1.54) is 35.5 Å². The number of carbonyl (C=O) groups excluding carboxylic acids is 2. The molecule has 0 atom stereocenters. The third-order valence-electron chi connectivity index (χ3n) is 5.26. The predicted molar refractivity (Wildman–Crippen MR) is 115 cm³/mol. The van der Waals surface area contributed by atoms with Crippen molar-refractivity contribution in [1.29, 1.82) is 0 Å². The Morgan fingerprint density at radius 2 is 1.65 bits per heavy atom. The Hall–Kier alpha value is -2.78. The minimum absolute atomic E-state index is 0.0980. The molecule has 1 heterocycles. The van der Waals surface area contributed by atoms with E-state index in [0.717, 1.165) is 5.56 Å². The molecule has 0 spiro atoms. The Morgan fingerprint density at radius 1 is 1.03 bits per heavy atom. The van der Waals surface area contributed by atoms with Gasteiger partial charge < -0.3 is 10.6 Å². The van der Waals surface area contributed by atoms with Crippen LogP contribution >= 0.6 is 0 Å². The Balaban J connectivity index is 1.48. The summed E-state index contributed by atoms with van der Waals surface area (Å²) in [5, 5.41) is 5.44. The molecule has 0 aliphatic carbocycles. The van der Waals surface area contributed by atoms with Crippen molar-refractivity contribution < 1.29 is 22.4 Å². The van der Waals surface area contributed by atoms with Crippen LogP contribution in [0.15, 0.2) is 53.4 Å². The number of halogens is 1. The molecule has 9 heteroatoms. The first kappa shape index (κ1) is 22.9. The van der Waals surface area contributed by atoms with Gasteiger partial charge in [0.05, 0.1) is 4.90 Å². The second-order valence-corrected chi connectivity index (χ2v) is 9.60. The van der Waals surface area contributed by atoms with Crippen LogP contribution in [0.5, 0.6) is 0 Å². The number of amides is 2. The summed E-state index contributed by atoms with van der Waals surface area (Å²) in [4.78, 5) is 23.5. The van der Waals surface area contributed by atoms with Crippen LogP contribution in [0.2, 0.25) is 0 Å². The van der Waals surface area contributed by atoms with E-state index in [9.17, 15) is 22.4 Å². The molecule has 2 aromatic carbocycles. The molecule has 0 aromatic heterocycles. The van der Waals surface area contributed by atoms with Crippen molar-refractivity contribution in [2.24, 2.45) is 5.92 Å². The molecule has 2 amide bonds. The molecule has 0 unspecified atom stereocenters. The molecule has 0 bridgehead atoms. The molecule has 1 aliphatic heterocycles. The number of carbonyl (C=O) groups is 2. The Labute approximate surface area is 181 Å². The molecule has 1 fully saturated rings. The molecule has 3 rings (SSSR count). The lowest BCUT2D eigenvalue weighted by atomic mass is 9.94. The summed E-state index contributed by atoms with van der Waals surface area (Å²) >= 11 is 0. The van der Waals surface area contributed by atoms with Crippen LogP contribution in [0, 0.1) is 11.7 Å². The topological polar surface area (TPSA) is 95.6 Å². The van der Waals surface area contributed by atoms with Gasteiger partial charge in [0.1, 0.15) is 5.82 Å². The summed E-state index contributed by atoms with van der Waals surface area (Å²) in [6.45, 7) is 2.43. The van der Waals surface area contributed by atoms with Gasteiger partial charge >= 0.3 is 0 Å². The highest BCUT2D eigenvalue weighted by Gasteiger charge is 2.30. The smallest absolute Gasteiger partial charge is 0.243 e. The summed E-state index contributed by atoms with van der Waals surface area (Å²) in [6, 6.07) is 12.0. The third kappa shape index (κ3) is 6.35. The van der Waals surface area contributed by atoms with E-state index in [-0.39, 0.29) is 28.4 Å². The maximum absolute atomic E-state index is 12.9. The lowest BCUT2D eigenvalue weighted by Crippen LogP contribution is -2.39. The van der Waals surface area contributed by atoms with E-state index in [1.807, 2.05) is 0 Å². The SMILES string of the molecule is CC(=O)Nc1ccc(S(=O)(=O)N2CCC(CC(=O)NCc3ccc(F)cc3)CC2)cc1. The lowest BCUT2D eigenvalue weighted by molar-refractivity contribution is -0.122. The Kier molecular flexibility index (Phi) is 7.40.